The molecule has 0 radical (unpaired) electrons. The summed E-state index contributed by atoms with van der Waals surface area (Å²) in [6.45, 7) is 0. The zero-order chi connectivity index (χ0) is 19.6. The Kier molecular flexibility index (Phi) is 2.99. The fraction of sp³-hybridized carbons (Fsp3) is 0.100. The fourth-order valence-corrected chi connectivity index (χ4v) is 4.26. The Bertz CT molecular complexity index is 1290. The van der Waals surface area contributed by atoms with Gasteiger partial charge in [0.15, 0.2) is 11.5 Å². The van der Waals surface area contributed by atoms with E-state index in [-0.39, 0.29) is 34.4 Å². The number of H-pyrrole nitrogens is 1. The van der Waals surface area contributed by atoms with Crippen molar-refractivity contribution in [3.8, 4) is 11.9 Å². The van der Waals surface area contributed by atoms with Gasteiger partial charge in [-0.2, -0.15) is 5.26 Å². The van der Waals surface area contributed by atoms with Gasteiger partial charge in [-0.15, -0.1) is 5.10 Å². The highest BCUT2D eigenvalue weighted by atomic mass is 16.5. The first-order valence-corrected chi connectivity index (χ1v) is 8.38. The highest BCUT2D eigenvalue weighted by Crippen LogP contribution is 2.55. The van der Waals surface area contributed by atoms with E-state index in [2.05, 4.69) is 10.2 Å². The number of nitrogens with two attached hydrogens (primary N) is 1. The zero-order valence-electron chi connectivity index (χ0n) is 14.6. The lowest BCUT2D eigenvalue weighted by molar-refractivity contribution is 0.0591. The van der Waals surface area contributed by atoms with Crippen molar-refractivity contribution in [2.75, 3.05) is 7.11 Å². The number of aromatic nitrogens is 2. The first-order chi connectivity index (χ1) is 13.6. The van der Waals surface area contributed by atoms with Crippen LogP contribution >= 0.6 is 0 Å². The van der Waals surface area contributed by atoms with E-state index in [1.807, 2.05) is 18.2 Å². The Morgan fingerprint density at radius 3 is 2.79 bits per heavy atom. The van der Waals surface area contributed by atoms with E-state index in [0.29, 0.717) is 16.5 Å². The van der Waals surface area contributed by atoms with Gasteiger partial charge in [-0.05, 0) is 16.3 Å². The van der Waals surface area contributed by atoms with Gasteiger partial charge in [-0.3, -0.25) is 9.89 Å². The summed E-state index contributed by atoms with van der Waals surface area (Å²) in [4.78, 5) is 26.2. The molecular weight excluding hydrogens is 360 g/mol. The second-order valence-corrected chi connectivity index (χ2v) is 6.51. The van der Waals surface area contributed by atoms with Crippen LogP contribution in [-0.2, 0) is 10.2 Å². The van der Waals surface area contributed by atoms with E-state index in [9.17, 15) is 14.9 Å². The number of carbonyl (C=O) groups is 2. The summed E-state index contributed by atoms with van der Waals surface area (Å²) in [5.41, 5.74) is 5.38. The van der Waals surface area contributed by atoms with E-state index in [4.69, 9.17) is 15.2 Å². The molecule has 1 aliphatic heterocycles. The van der Waals surface area contributed by atoms with Crippen molar-refractivity contribution < 1.29 is 19.1 Å². The van der Waals surface area contributed by atoms with Crippen molar-refractivity contribution in [2.45, 2.75) is 5.41 Å². The van der Waals surface area contributed by atoms with Crippen LogP contribution in [0.15, 0.2) is 47.9 Å². The number of ketones is 1. The molecule has 1 atom stereocenters. The number of hydrogen-bond donors (Lipinski definition) is 2. The molecule has 0 fully saturated rings. The molecule has 136 valence electrons. The van der Waals surface area contributed by atoms with Crippen LogP contribution in [0.2, 0.25) is 0 Å². The monoisotopic (exact) mass is 372 g/mol. The number of carbonyl (C=O) groups excluding carboxylic acids is 2. The molecular formula is C20H12N4O4. The van der Waals surface area contributed by atoms with Crippen LogP contribution in [0.3, 0.4) is 0 Å². The third-order valence-electron chi connectivity index (χ3n) is 5.33. The van der Waals surface area contributed by atoms with E-state index < -0.39 is 11.4 Å². The van der Waals surface area contributed by atoms with Crippen LogP contribution in [0.25, 0.3) is 10.8 Å². The van der Waals surface area contributed by atoms with Gasteiger partial charge in [0.2, 0.25) is 11.8 Å². The molecule has 0 amide bonds. The minimum absolute atomic E-state index is 0.0324. The number of esters is 1. The minimum Gasteiger partial charge on any atom is -0.464 e. The number of hydrogen-bond acceptors (Lipinski definition) is 7. The predicted molar refractivity (Wildman–Crippen MR) is 96.4 cm³/mol. The van der Waals surface area contributed by atoms with Gasteiger partial charge in [-0.1, -0.05) is 36.4 Å². The molecule has 8 heteroatoms. The standard InChI is InChI=1S/C20H12N4O4/c1-27-19(26)15-14-18(24-23-15)28-17(22)12(8-21)20(14)11-7-3-5-9-4-2-6-10(13(9)11)16(20)25/h2-7H,22H2,1H3,(H,23,24). The number of methoxy groups -OCH3 is 1. The Morgan fingerprint density at radius 2 is 2.07 bits per heavy atom. The van der Waals surface area contributed by atoms with Crippen molar-refractivity contribution in [3.05, 3.63) is 70.2 Å². The Morgan fingerprint density at radius 1 is 1.32 bits per heavy atom. The average Bonchev–Trinajstić information content (AvgIpc) is 3.23. The quantitative estimate of drug-likeness (QED) is 0.624. The van der Waals surface area contributed by atoms with Crippen molar-refractivity contribution in [1.29, 1.82) is 5.26 Å². The van der Waals surface area contributed by atoms with Gasteiger partial charge in [0.05, 0.1) is 12.7 Å². The SMILES string of the molecule is COC(=O)c1[nH]nc2c1C1(C(=O)c3cccc4cccc1c34)C(C#N)=C(N)O2. The fourth-order valence-electron chi connectivity index (χ4n) is 4.26. The largest absolute Gasteiger partial charge is 0.464 e. The Hall–Kier alpha value is -4.12. The molecule has 2 aromatic carbocycles. The van der Waals surface area contributed by atoms with Crippen molar-refractivity contribution in [2.24, 2.45) is 5.73 Å². The third-order valence-corrected chi connectivity index (χ3v) is 5.33. The topological polar surface area (TPSA) is 131 Å². The van der Waals surface area contributed by atoms with Crippen molar-refractivity contribution >= 4 is 22.5 Å². The number of benzene rings is 2. The molecule has 2 heterocycles. The maximum Gasteiger partial charge on any atom is 0.356 e. The summed E-state index contributed by atoms with van der Waals surface area (Å²) >= 11 is 0. The van der Waals surface area contributed by atoms with E-state index in [1.54, 1.807) is 24.3 Å². The number of fused-ring (bicyclic) bond motifs is 3. The van der Waals surface area contributed by atoms with Crippen LogP contribution in [0.5, 0.6) is 5.88 Å². The van der Waals surface area contributed by atoms with Crippen LogP contribution in [0, 0.1) is 11.3 Å². The lowest BCUT2D eigenvalue weighted by Crippen LogP contribution is -2.41. The number of nitriles is 1. The van der Waals surface area contributed by atoms with Gasteiger partial charge in [-0.25, -0.2) is 4.79 Å². The molecule has 1 aliphatic carbocycles. The molecule has 28 heavy (non-hydrogen) atoms. The third kappa shape index (κ3) is 1.61. The highest BCUT2D eigenvalue weighted by Gasteiger charge is 2.59. The summed E-state index contributed by atoms with van der Waals surface area (Å²) in [5.74, 6) is -1.36. The van der Waals surface area contributed by atoms with Gasteiger partial charge in [0, 0.05) is 5.56 Å². The van der Waals surface area contributed by atoms with E-state index in [1.165, 1.54) is 7.11 Å². The average molecular weight is 372 g/mol. The molecule has 5 rings (SSSR count). The maximum absolute atomic E-state index is 13.8. The number of allylic oxidation sites excluding steroid dienone is 1. The maximum atomic E-state index is 13.8. The normalized spacial score (nSPS) is 19.5. The molecule has 0 bridgehead atoms. The van der Waals surface area contributed by atoms with E-state index >= 15 is 0 Å². The lowest BCUT2D eigenvalue weighted by atomic mass is 9.67. The molecule has 1 spiro atoms. The number of rotatable bonds is 1. The van der Waals surface area contributed by atoms with Crippen LogP contribution in [0.1, 0.15) is 32.0 Å². The smallest absolute Gasteiger partial charge is 0.356 e. The highest BCUT2D eigenvalue weighted by molar-refractivity contribution is 6.24. The molecule has 3 aromatic rings. The van der Waals surface area contributed by atoms with Crippen LogP contribution < -0.4 is 10.5 Å². The number of Topliss-reactive ketones (excluding diaryl/α,β-unsaturated/α-hetero) is 1. The number of nitrogens with one attached hydrogen (secondary N) is 1. The molecule has 8 nitrogen and oxygen atoms in total. The first kappa shape index (κ1) is 16.1. The summed E-state index contributed by atoms with van der Waals surface area (Å²) in [7, 11) is 1.22. The summed E-state index contributed by atoms with van der Waals surface area (Å²) in [6, 6.07) is 12.8. The predicted octanol–water partition coefficient (Wildman–Crippen LogP) is 1.92. The molecule has 2 aliphatic rings. The van der Waals surface area contributed by atoms with Crippen molar-refractivity contribution in [3.63, 3.8) is 0 Å². The van der Waals surface area contributed by atoms with Gasteiger partial charge >= 0.3 is 5.97 Å². The first-order valence-electron chi connectivity index (χ1n) is 8.38. The van der Waals surface area contributed by atoms with Gasteiger partial charge < -0.3 is 15.2 Å². The number of ether oxygens (including phenoxy) is 2. The molecule has 0 saturated heterocycles. The second-order valence-electron chi connectivity index (χ2n) is 6.51. The second kappa shape index (κ2) is 5.20. The summed E-state index contributed by atoms with van der Waals surface area (Å²) < 4.78 is 10.3. The van der Waals surface area contributed by atoms with E-state index in [0.717, 1.165) is 5.39 Å². The number of nitrogens with zero attached hydrogens (tertiary/aromatic N) is 2. The molecule has 1 aromatic heterocycles. The molecule has 0 saturated carbocycles. The van der Waals surface area contributed by atoms with Crippen LogP contribution in [-0.4, -0.2) is 29.1 Å². The summed E-state index contributed by atoms with van der Waals surface area (Å²) in [5, 5.41) is 18.0. The molecule has 1 unspecified atom stereocenters. The molecule has 3 N–H and O–H groups in total. The lowest BCUT2D eigenvalue weighted by Gasteiger charge is -2.32. The van der Waals surface area contributed by atoms with Crippen molar-refractivity contribution in [1.82, 2.24) is 10.2 Å². The number of aromatic amines is 1. The Balaban J connectivity index is 2.00. The Labute approximate surface area is 158 Å². The van der Waals surface area contributed by atoms with Gasteiger partial charge in [0.25, 0.3) is 0 Å². The minimum atomic E-state index is -1.63. The van der Waals surface area contributed by atoms with Crippen LogP contribution in [0.4, 0.5) is 0 Å². The summed E-state index contributed by atoms with van der Waals surface area (Å²) in [6.07, 6.45) is 0. The van der Waals surface area contributed by atoms with Gasteiger partial charge in [0.1, 0.15) is 17.1 Å². The zero-order valence-corrected chi connectivity index (χ0v) is 14.6.